The topological polar surface area (TPSA) is 108 Å². The monoisotopic (exact) mass is 633 g/mol. The van der Waals surface area contributed by atoms with Gasteiger partial charge in [-0.05, 0) is 71.6 Å². The van der Waals surface area contributed by atoms with Crippen molar-refractivity contribution in [1.29, 1.82) is 0 Å². The Morgan fingerprint density at radius 1 is 0.778 bits per heavy atom. The third kappa shape index (κ3) is 6.77. The second-order valence-electron chi connectivity index (χ2n) is 9.94. The summed E-state index contributed by atoms with van der Waals surface area (Å²) in [4.78, 5) is 43.9. The van der Waals surface area contributed by atoms with Crippen molar-refractivity contribution >= 4 is 62.5 Å². The number of thioether (sulfide) groups is 1. The van der Waals surface area contributed by atoms with E-state index in [9.17, 15) is 23.9 Å². The summed E-state index contributed by atoms with van der Waals surface area (Å²) >= 11 is 2.64. The normalized spacial score (nSPS) is 11.6. The van der Waals surface area contributed by atoms with Gasteiger partial charge in [0.15, 0.2) is 5.13 Å². The van der Waals surface area contributed by atoms with Crippen LogP contribution in [0.1, 0.15) is 31.5 Å². The highest BCUT2D eigenvalue weighted by molar-refractivity contribution is 8.00. The Balaban J connectivity index is 1.18. The molecule has 1 aromatic heterocycles. The quantitative estimate of drug-likeness (QED) is 0.138. The maximum Gasteiger partial charge on any atom is 0.336 e. The molecular formula is C35H24FN3O4S2. The molecule has 10 heteroatoms. The predicted octanol–water partition coefficient (Wildman–Crippen LogP) is 8.53. The van der Waals surface area contributed by atoms with E-state index in [4.69, 9.17) is 0 Å². The molecule has 0 saturated carbocycles. The first-order valence-electron chi connectivity index (χ1n) is 13.8. The van der Waals surface area contributed by atoms with Crippen molar-refractivity contribution in [1.82, 2.24) is 4.98 Å². The van der Waals surface area contributed by atoms with E-state index in [-0.39, 0.29) is 22.9 Å². The van der Waals surface area contributed by atoms with Gasteiger partial charge >= 0.3 is 5.97 Å². The van der Waals surface area contributed by atoms with Gasteiger partial charge in [-0.15, -0.1) is 23.1 Å². The molecule has 0 spiro atoms. The van der Waals surface area contributed by atoms with Crippen LogP contribution < -0.4 is 10.6 Å². The number of thiazole rings is 1. The average molecular weight is 634 g/mol. The van der Waals surface area contributed by atoms with E-state index in [2.05, 4.69) is 15.6 Å². The number of rotatable bonds is 9. The van der Waals surface area contributed by atoms with Crippen LogP contribution in [0.3, 0.4) is 0 Å². The molecule has 0 aliphatic heterocycles. The van der Waals surface area contributed by atoms with E-state index in [0.29, 0.717) is 27.3 Å². The summed E-state index contributed by atoms with van der Waals surface area (Å²) in [5.41, 5.74) is 3.02. The molecule has 1 unspecified atom stereocenters. The number of benzene rings is 5. The molecule has 0 fully saturated rings. The number of aromatic nitrogens is 1. The van der Waals surface area contributed by atoms with Crippen LogP contribution >= 0.6 is 23.1 Å². The van der Waals surface area contributed by atoms with Crippen LogP contribution in [0.15, 0.2) is 126 Å². The van der Waals surface area contributed by atoms with Crippen molar-refractivity contribution in [2.45, 2.75) is 10.1 Å². The molecule has 6 rings (SSSR count). The maximum absolute atomic E-state index is 13.5. The summed E-state index contributed by atoms with van der Waals surface area (Å²) in [6, 6.07) is 32.5. The molecule has 222 valence electrons. The van der Waals surface area contributed by atoms with Crippen LogP contribution in [0.25, 0.3) is 22.0 Å². The maximum atomic E-state index is 13.5. The Bertz CT molecular complexity index is 2010. The van der Waals surface area contributed by atoms with Gasteiger partial charge in [0.2, 0.25) is 5.91 Å². The van der Waals surface area contributed by atoms with Gasteiger partial charge in [-0.25, -0.2) is 14.2 Å². The minimum atomic E-state index is -1.11. The van der Waals surface area contributed by atoms with Gasteiger partial charge in [0.1, 0.15) is 11.1 Å². The number of nitrogens with one attached hydrogen (secondary N) is 2. The van der Waals surface area contributed by atoms with Gasteiger partial charge in [0.05, 0.1) is 11.3 Å². The number of carboxylic acids is 1. The summed E-state index contributed by atoms with van der Waals surface area (Å²) in [6.45, 7) is 0. The van der Waals surface area contributed by atoms with E-state index in [1.165, 1.54) is 41.3 Å². The smallest absolute Gasteiger partial charge is 0.336 e. The summed E-state index contributed by atoms with van der Waals surface area (Å²) < 4.78 is 13.3. The third-order valence-corrected chi connectivity index (χ3v) is 8.98. The molecular weight excluding hydrogens is 610 g/mol. The van der Waals surface area contributed by atoms with E-state index >= 15 is 0 Å². The summed E-state index contributed by atoms with van der Waals surface area (Å²) in [5, 5.41) is 18.1. The first kappa shape index (κ1) is 29.7. The summed E-state index contributed by atoms with van der Waals surface area (Å²) in [6.07, 6.45) is 0. The van der Waals surface area contributed by atoms with E-state index in [1.807, 2.05) is 42.5 Å². The fourth-order valence-corrected chi connectivity index (χ4v) is 6.56. The number of fused-ring (bicyclic) bond motifs is 1. The van der Waals surface area contributed by atoms with Crippen LogP contribution in [0, 0.1) is 5.82 Å². The fourth-order valence-electron chi connectivity index (χ4n) is 4.82. The van der Waals surface area contributed by atoms with E-state index in [0.717, 1.165) is 16.0 Å². The number of nitrogens with zero attached hydrogens (tertiary/aromatic N) is 1. The largest absolute Gasteiger partial charge is 0.478 e. The minimum Gasteiger partial charge on any atom is -0.478 e. The van der Waals surface area contributed by atoms with Crippen molar-refractivity contribution in [3.8, 4) is 11.3 Å². The molecule has 2 amide bonds. The lowest BCUT2D eigenvalue weighted by molar-refractivity contribution is -0.115. The molecule has 5 aromatic carbocycles. The molecule has 0 aliphatic rings. The zero-order chi connectivity index (χ0) is 31.3. The Hall–Kier alpha value is -5.32. The fraction of sp³-hybridized carbons (Fsp3) is 0.0286. The lowest BCUT2D eigenvalue weighted by atomic mass is 9.98. The Labute approximate surface area is 265 Å². The highest BCUT2D eigenvalue weighted by Crippen LogP contribution is 2.37. The number of amides is 2. The Kier molecular flexibility index (Phi) is 8.68. The van der Waals surface area contributed by atoms with Crippen molar-refractivity contribution < 1.29 is 23.9 Å². The van der Waals surface area contributed by atoms with E-state index in [1.54, 1.807) is 60.0 Å². The lowest BCUT2D eigenvalue weighted by Crippen LogP contribution is -2.19. The standard InChI is InChI=1S/C35H24FN3O4S2/c36-24-14-12-21(13-15-24)29-20-44-35(38-29)39-33(41)31(23-6-2-1-3-7-23)45-26-18-16-25(17-19-26)37-32(40)27-10-4-8-22-9-5-11-28(30(22)27)34(42)43/h1-20,31H,(H,37,40)(H,42,43)(H,38,39,41). The van der Waals surface area contributed by atoms with Gasteiger partial charge in [-0.1, -0.05) is 54.6 Å². The Morgan fingerprint density at radius 2 is 1.47 bits per heavy atom. The number of carboxylic acid groups (broad SMARTS) is 1. The molecule has 45 heavy (non-hydrogen) atoms. The molecule has 6 aromatic rings. The summed E-state index contributed by atoms with van der Waals surface area (Å²) in [7, 11) is 0. The van der Waals surface area contributed by atoms with Crippen molar-refractivity contribution in [3.63, 3.8) is 0 Å². The van der Waals surface area contributed by atoms with Gasteiger partial charge in [0, 0.05) is 32.5 Å². The molecule has 0 saturated heterocycles. The molecule has 3 N–H and O–H groups in total. The molecule has 7 nitrogen and oxygen atoms in total. The lowest BCUT2D eigenvalue weighted by Gasteiger charge is -2.16. The number of halogens is 1. The van der Waals surface area contributed by atoms with Crippen LogP contribution in [-0.2, 0) is 4.79 Å². The zero-order valence-corrected chi connectivity index (χ0v) is 25.1. The molecule has 0 bridgehead atoms. The molecule has 1 heterocycles. The number of hydrogen-bond acceptors (Lipinski definition) is 6. The first-order chi connectivity index (χ1) is 21.9. The van der Waals surface area contributed by atoms with Gasteiger partial charge in [0.25, 0.3) is 5.91 Å². The van der Waals surface area contributed by atoms with Crippen LogP contribution in [0.2, 0.25) is 0 Å². The average Bonchev–Trinajstić information content (AvgIpc) is 3.52. The summed E-state index contributed by atoms with van der Waals surface area (Å²) in [5.74, 6) is -2.13. The van der Waals surface area contributed by atoms with Crippen LogP contribution in [-0.4, -0.2) is 27.9 Å². The predicted molar refractivity (Wildman–Crippen MR) is 176 cm³/mol. The second kappa shape index (κ2) is 13.1. The highest BCUT2D eigenvalue weighted by Gasteiger charge is 2.24. The van der Waals surface area contributed by atoms with Crippen LogP contribution in [0.4, 0.5) is 15.2 Å². The SMILES string of the molecule is O=C(O)c1cccc2cccc(C(=O)Nc3ccc(SC(C(=O)Nc4nc(-c5ccc(F)cc5)cs4)c4ccccc4)cc3)c12. The number of carbonyl (C=O) groups excluding carboxylic acids is 2. The van der Waals surface area contributed by atoms with Gasteiger partial charge in [-0.3, -0.25) is 9.59 Å². The number of anilines is 2. The van der Waals surface area contributed by atoms with Crippen LogP contribution in [0.5, 0.6) is 0 Å². The van der Waals surface area contributed by atoms with Gasteiger partial charge < -0.3 is 15.7 Å². The molecule has 1 atom stereocenters. The molecule has 0 radical (unpaired) electrons. The number of hydrogen-bond donors (Lipinski definition) is 3. The van der Waals surface area contributed by atoms with Crippen molar-refractivity contribution in [3.05, 3.63) is 143 Å². The van der Waals surface area contributed by atoms with E-state index < -0.39 is 17.1 Å². The van der Waals surface area contributed by atoms with Crippen molar-refractivity contribution in [2.24, 2.45) is 0 Å². The van der Waals surface area contributed by atoms with Crippen molar-refractivity contribution in [2.75, 3.05) is 10.6 Å². The first-order valence-corrected chi connectivity index (χ1v) is 15.5. The molecule has 0 aliphatic carbocycles. The number of aromatic carboxylic acids is 1. The van der Waals surface area contributed by atoms with Gasteiger partial charge in [-0.2, -0.15) is 0 Å². The second-order valence-corrected chi connectivity index (χ2v) is 12.0. The Morgan fingerprint density at radius 3 is 2.16 bits per heavy atom. The number of carbonyl (C=O) groups is 3. The highest BCUT2D eigenvalue weighted by atomic mass is 32.2. The third-order valence-electron chi connectivity index (χ3n) is 6.96. The minimum absolute atomic E-state index is 0.0552. The zero-order valence-electron chi connectivity index (χ0n) is 23.4.